The van der Waals surface area contributed by atoms with Crippen molar-refractivity contribution in [3.63, 3.8) is 0 Å². The number of nitrogens with one attached hydrogen (secondary N) is 1. The van der Waals surface area contributed by atoms with Gasteiger partial charge in [0.15, 0.2) is 0 Å². The maximum Gasteiger partial charge on any atom is 0.218 e. The molecule has 4 nitrogen and oxygen atoms in total. The molecule has 0 aliphatic carbocycles. The van der Waals surface area contributed by atoms with Crippen LogP contribution in [0.25, 0.3) is 10.9 Å². The van der Waals surface area contributed by atoms with Crippen LogP contribution in [0, 0.1) is 0 Å². The average molecular weight is 363 g/mol. The van der Waals surface area contributed by atoms with Crippen molar-refractivity contribution in [2.24, 2.45) is 5.73 Å². The van der Waals surface area contributed by atoms with Gasteiger partial charge in [0.05, 0.1) is 17.2 Å². The number of amides is 1. The molecule has 2 aromatic carbocycles. The van der Waals surface area contributed by atoms with Crippen molar-refractivity contribution in [3.05, 3.63) is 63.8 Å². The SMILES string of the molecule is COc1ccc2[nH]cc([C@H](CC(N)=O)c3ccc(Cl)c(Cl)c3)c2c1. The smallest absolute Gasteiger partial charge is 0.218 e. The predicted molar refractivity (Wildman–Crippen MR) is 97.0 cm³/mol. The average Bonchev–Trinajstić information content (AvgIpc) is 2.98. The summed E-state index contributed by atoms with van der Waals surface area (Å²) in [4.78, 5) is 14.8. The summed E-state index contributed by atoms with van der Waals surface area (Å²) in [7, 11) is 1.62. The summed E-state index contributed by atoms with van der Waals surface area (Å²) < 4.78 is 5.30. The van der Waals surface area contributed by atoms with E-state index in [0.717, 1.165) is 27.8 Å². The molecule has 6 heteroatoms. The molecular formula is C18H16Cl2N2O2. The summed E-state index contributed by atoms with van der Waals surface area (Å²) in [6, 6.07) is 11.1. The summed E-state index contributed by atoms with van der Waals surface area (Å²) in [6.45, 7) is 0. The summed E-state index contributed by atoms with van der Waals surface area (Å²) in [6.07, 6.45) is 2.06. The number of hydrogen-bond acceptors (Lipinski definition) is 2. The number of benzene rings is 2. The zero-order chi connectivity index (χ0) is 17.3. The van der Waals surface area contributed by atoms with Crippen LogP contribution in [0.1, 0.15) is 23.5 Å². The van der Waals surface area contributed by atoms with E-state index in [4.69, 9.17) is 33.7 Å². The number of ether oxygens (including phenoxy) is 1. The third-order valence-electron chi connectivity index (χ3n) is 4.05. The molecule has 3 rings (SSSR count). The lowest BCUT2D eigenvalue weighted by Crippen LogP contribution is -2.16. The van der Waals surface area contributed by atoms with E-state index in [-0.39, 0.29) is 18.2 Å². The molecule has 0 aliphatic heterocycles. The number of halogens is 2. The van der Waals surface area contributed by atoms with Gasteiger partial charge in [0, 0.05) is 29.4 Å². The number of primary amides is 1. The van der Waals surface area contributed by atoms with Gasteiger partial charge in [-0.2, -0.15) is 0 Å². The number of rotatable bonds is 5. The van der Waals surface area contributed by atoms with Gasteiger partial charge >= 0.3 is 0 Å². The molecule has 0 fully saturated rings. The summed E-state index contributed by atoms with van der Waals surface area (Å²) >= 11 is 12.2. The summed E-state index contributed by atoms with van der Waals surface area (Å²) in [5, 5.41) is 1.89. The van der Waals surface area contributed by atoms with E-state index >= 15 is 0 Å². The van der Waals surface area contributed by atoms with Crippen LogP contribution in [-0.4, -0.2) is 18.0 Å². The molecule has 0 spiro atoms. The number of H-pyrrole nitrogens is 1. The Balaban J connectivity index is 2.15. The molecule has 1 atom stereocenters. The topological polar surface area (TPSA) is 68.1 Å². The van der Waals surface area contributed by atoms with E-state index in [9.17, 15) is 4.79 Å². The normalized spacial score (nSPS) is 12.3. The lowest BCUT2D eigenvalue weighted by atomic mass is 9.88. The Kier molecular flexibility index (Phi) is 4.69. The first-order valence-corrected chi connectivity index (χ1v) is 8.13. The third kappa shape index (κ3) is 3.21. The number of hydrogen-bond donors (Lipinski definition) is 2. The zero-order valence-corrected chi connectivity index (χ0v) is 14.5. The van der Waals surface area contributed by atoms with E-state index in [0.29, 0.717) is 10.0 Å². The zero-order valence-electron chi connectivity index (χ0n) is 13.0. The van der Waals surface area contributed by atoms with Crippen LogP contribution >= 0.6 is 23.2 Å². The van der Waals surface area contributed by atoms with Crippen molar-refractivity contribution in [2.75, 3.05) is 7.11 Å². The molecule has 0 saturated carbocycles. The first-order valence-electron chi connectivity index (χ1n) is 7.38. The number of nitrogens with two attached hydrogens (primary N) is 1. The fraction of sp³-hybridized carbons (Fsp3) is 0.167. The van der Waals surface area contributed by atoms with Gasteiger partial charge in [-0.15, -0.1) is 0 Å². The Morgan fingerprint density at radius 2 is 2.00 bits per heavy atom. The fourth-order valence-electron chi connectivity index (χ4n) is 2.87. The molecule has 1 aromatic heterocycles. The number of methoxy groups -OCH3 is 1. The van der Waals surface area contributed by atoms with Crippen LogP contribution in [0.15, 0.2) is 42.6 Å². The molecule has 1 amide bonds. The first-order chi connectivity index (χ1) is 11.5. The van der Waals surface area contributed by atoms with Crippen LogP contribution in [0.5, 0.6) is 5.75 Å². The standard InChI is InChI=1S/C18H16Cl2N2O2/c1-24-11-3-5-17-13(7-11)14(9-22-17)12(8-18(21)23)10-2-4-15(19)16(20)6-10/h2-7,9,12,22H,8H2,1H3,(H2,21,23)/t12-/m1/s1. The Morgan fingerprint density at radius 3 is 2.67 bits per heavy atom. The number of aromatic amines is 1. The van der Waals surface area contributed by atoms with Crippen LogP contribution in [0.2, 0.25) is 10.0 Å². The largest absolute Gasteiger partial charge is 0.497 e. The highest BCUT2D eigenvalue weighted by Gasteiger charge is 2.21. The maximum absolute atomic E-state index is 11.6. The molecule has 0 unspecified atom stereocenters. The lowest BCUT2D eigenvalue weighted by Gasteiger charge is -2.16. The third-order valence-corrected chi connectivity index (χ3v) is 4.79. The van der Waals surface area contributed by atoms with Gasteiger partial charge < -0.3 is 15.5 Å². The minimum atomic E-state index is -0.386. The molecule has 0 aliphatic rings. The molecular weight excluding hydrogens is 347 g/mol. The molecule has 0 radical (unpaired) electrons. The minimum absolute atomic E-state index is 0.169. The summed E-state index contributed by atoms with van der Waals surface area (Å²) in [5.41, 5.74) is 8.27. The highest BCUT2D eigenvalue weighted by atomic mass is 35.5. The van der Waals surface area contributed by atoms with Gasteiger partial charge in [-0.1, -0.05) is 29.3 Å². The monoisotopic (exact) mass is 362 g/mol. The van der Waals surface area contributed by atoms with Gasteiger partial charge in [-0.3, -0.25) is 4.79 Å². The van der Waals surface area contributed by atoms with E-state index in [1.54, 1.807) is 19.2 Å². The molecule has 24 heavy (non-hydrogen) atoms. The van der Waals surface area contributed by atoms with Crippen LogP contribution in [0.4, 0.5) is 0 Å². The van der Waals surface area contributed by atoms with Crippen LogP contribution in [0.3, 0.4) is 0 Å². The minimum Gasteiger partial charge on any atom is -0.497 e. The molecule has 0 bridgehead atoms. The Bertz CT molecular complexity index is 905. The second-order valence-electron chi connectivity index (χ2n) is 5.55. The van der Waals surface area contributed by atoms with Crippen molar-refractivity contribution in [1.29, 1.82) is 0 Å². The fourth-order valence-corrected chi connectivity index (χ4v) is 3.18. The van der Waals surface area contributed by atoms with E-state index in [1.807, 2.05) is 30.5 Å². The molecule has 124 valence electrons. The molecule has 3 aromatic rings. The number of aromatic nitrogens is 1. The quantitative estimate of drug-likeness (QED) is 0.701. The van der Waals surface area contributed by atoms with Gasteiger partial charge in [0.1, 0.15) is 5.75 Å². The van der Waals surface area contributed by atoms with Crippen LogP contribution < -0.4 is 10.5 Å². The predicted octanol–water partition coefficient (Wildman–Crippen LogP) is 4.49. The molecule has 0 saturated heterocycles. The Labute approximate surface area is 149 Å². The van der Waals surface area contributed by atoms with E-state index < -0.39 is 0 Å². The highest BCUT2D eigenvalue weighted by Crippen LogP contribution is 2.36. The van der Waals surface area contributed by atoms with Crippen LogP contribution in [-0.2, 0) is 4.79 Å². The Hall–Kier alpha value is -2.17. The van der Waals surface area contributed by atoms with Crippen molar-refractivity contribution >= 4 is 40.0 Å². The second-order valence-corrected chi connectivity index (χ2v) is 6.37. The summed E-state index contributed by atoms with van der Waals surface area (Å²) in [5.74, 6) is 0.136. The van der Waals surface area contributed by atoms with E-state index in [2.05, 4.69) is 4.98 Å². The first kappa shape index (κ1) is 16.7. The van der Waals surface area contributed by atoms with Gasteiger partial charge in [0.2, 0.25) is 5.91 Å². The van der Waals surface area contributed by atoms with Crippen molar-refractivity contribution < 1.29 is 9.53 Å². The molecule has 3 N–H and O–H groups in total. The van der Waals surface area contributed by atoms with Gasteiger partial charge in [-0.05, 0) is 41.5 Å². The molecule has 1 heterocycles. The lowest BCUT2D eigenvalue weighted by molar-refractivity contribution is -0.118. The van der Waals surface area contributed by atoms with Crippen molar-refractivity contribution in [2.45, 2.75) is 12.3 Å². The maximum atomic E-state index is 11.6. The number of carbonyl (C=O) groups is 1. The van der Waals surface area contributed by atoms with Gasteiger partial charge in [-0.25, -0.2) is 0 Å². The van der Waals surface area contributed by atoms with E-state index in [1.165, 1.54) is 0 Å². The highest BCUT2D eigenvalue weighted by molar-refractivity contribution is 6.42. The second kappa shape index (κ2) is 6.75. The van der Waals surface area contributed by atoms with Crippen molar-refractivity contribution in [1.82, 2.24) is 4.98 Å². The van der Waals surface area contributed by atoms with Gasteiger partial charge in [0.25, 0.3) is 0 Å². The van der Waals surface area contributed by atoms with Crippen molar-refractivity contribution in [3.8, 4) is 5.75 Å². The number of fused-ring (bicyclic) bond motifs is 1. The Morgan fingerprint density at radius 1 is 1.21 bits per heavy atom. The number of carbonyl (C=O) groups excluding carboxylic acids is 1.